The van der Waals surface area contributed by atoms with E-state index < -0.39 is 0 Å². The van der Waals surface area contributed by atoms with E-state index in [0.29, 0.717) is 6.04 Å². The standard InChI is InChI=1S/C18H29N3O/c1-3-4-8-21-9-7-19-18(21)16-14-15(2)5-6-17(16)20-10-12-22-13-11-20/h5-6,14,17,19H,3-4,7-13H2,1-2H3. The molecule has 4 nitrogen and oxygen atoms in total. The maximum absolute atomic E-state index is 5.52. The maximum Gasteiger partial charge on any atom is 0.107 e. The topological polar surface area (TPSA) is 27.7 Å². The summed E-state index contributed by atoms with van der Waals surface area (Å²) in [6.45, 7) is 11.6. The molecular formula is C18H29N3O. The molecule has 1 unspecified atom stereocenters. The third kappa shape index (κ3) is 3.39. The van der Waals surface area contributed by atoms with E-state index in [9.17, 15) is 0 Å². The highest BCUT2D eigenvalue weighted by molar-refractivity contribution is 5.43. The Balaban J connectivity index is 1.85. The summed E-state index contributed by atoms with van der Waals surface area (Å²) < 4.78 is 5.52. The number of morpholine rings is 1. The van der Waals surface area contributed by atoms with Gasteiger partial charge >= 0.3 is 0 Å². The Bertz CT molecular complexity index is 475. The van der Waals surface area contributed by atoms with Crippen LogP contribution in [0.2, 0.25) is 0 Å². The third-order valence-electron chi connectivity index (χ3n) is 4.73. The highest BCUT2D eigenvalue weighted by Crippen LogP contribution is 2.27. The van der Waals surface area contributed by atoms with Crippen LogP contribution in [0.15, 0.2) is 35.2 Å². The van der Waals surface area contributed by atoms with E-state index in [0.717, 1.165) is 45.9 Å². The van der Waals surface area contributed by atoms with Crippen molar-refractivity contribution in [1.82, 2.24) is 15.1 Å². The Hall–Kier alpha value is -1.26. The monoisotopic (exact) mass is 303 g/mol. The molecule has 1 atom stereocenters. The summed E-state index contributed by atoms with van der Waals surface area (Å²) in [6.07, 6.45) is 9.50. The largest absolute Gasteiger partial charge is 0.379 e. The summed E-state index contributed by atoms with van der Waals surface area (Å²) in [6, 6.07) is 0.386. The molecule has 2 heterocycles. The van der Waals surface area contributed by atoms with E-state index >= 15 is 0 Å². The fourth-order valence-electron chi connectivity index (χ4n) is 3.50. The molecule has 0 aromatic carbocycles. The minimum absolute atomic E-state index is 0.386. The van der Waals surface area contributed by atoms with Crippen LogP contribution in [0.25, 0.3) is 0 Å². The lowest BCUT2D eigenvalue weighted by molar-refractivity contribution is 0.0312. The van der Waals surface area contributed by atoms with Crippen LogP contribution >= 0.6 is 0 Å². The van der Waals surface area contributed by atoms with Crippen LogP contribution in [0, 0.1) is 0 Å². The molecule has 0 spiro atoms. The van der Waals surface area contributed by atoms with Crippen LogP contribution in [-0.4, -0.2) is 61.8 Å². The van der Waals surface area contributed by atoms with Crippen molar-refractivity contribution in [3.8, 4) is 0 Å². The molecule has 0 radical (unpaired) electrons. The van der Waals surface area contributed by atoms with Crippen molar-refractivity contribution in [3.63, 3.8) is 0 Å². The number of nitrogens with zero attached hydrogens (tertiary/aromatic N) is 2. The average molecular weight is 303 g/mol. The Labute approximate surface area is 134 Å². The van der Waals surface area contributed by atoms with Crippen LogP contribution in [0.3, 0.4) is 0 Å². The highest BCUT2D eigenvalue weighted by Gasteiger charge is 2.28. The van der Waals surface area contributed by atoms with Gasteiger partial charge in [-0.25, -0.2) is 0 Å². The van der Waals surface area contributed by atoms with Gasteiger partial charge in [-0.15, -0.1) is 0 Å². The zero-order valence-electron chi connectivity index (χ0n) is 14.0. The van der Waals surface area contributed by atoms with Gasteiger partial charge in [0, 0.05) is 38.3 Å². The summed E-state index contributed by atoms with van der Waals surface area (Å²) in [7, 11) is 0. The Morgan fingerprint density at radius 1 is 1.27 bits per heavy atom. The summed E-state index contributed by atoms with van der Waals surface area (Å²) in [5.41, 5.74) is 2.78. The Morgan fingerprint density at radius 2 is 2.09 bits per heavy atom. The molecule has 2 saturated heterocycles. The first-order chi connectivity index (χ1) is 10.8. The number of hydrogen-bond acceptors (Lipinski definition) is 4. The fraction of sp³-hybridized carbons (Fsp3) is 0.667. The van der Waals surface area contributed by atoms with E-state index in [4.69, 9.17) is 4.74 Å². The first-order valence-corrected chi connectivity index (χ1v) is 8.71. The van der Waals surface area contributed by atoms with Crippen molar-refractivity contribution in [2.24, 2.45) is 0 Å². The minimum atomic E-state index is 0.386. The lowest BCUT2D eigenvalue weighted by Gasteiger charge is -2.36. The number of ether oxygens (including phenoxy) is 1. The number of unbranched alkanes of at least 4 members (excludes halogenated alkanes) is 1. The van der Waals surface area contributed by atoms with Gasteiger partial charge in [-0.05, 0) is 13.3 Å². The van der Waals surface area contributed by atoms with Crippen LogP contribution < -0.4 is 5.32 Å². The van der Waals surface area contributed by atoms with Crippen molar-refractivity contribution in [2.75, 3.05) is 45.9 Å². The van der Waals surface area contributed by atoms with E-state index in [1.165, 1.54) is 29.8 Å². The molecule has 4 heteroatoms. The highest BCUT2D eigenvalue weighted by atomic mass is 16.5. The zero-order chi connectivity index (χ0) is 15.4. The number of rotatable bonds is 4. The minimum Gasteiger partial charge on any atom is -0.379 e. The van der Waals surface area contributed by atoms with Gasteiger partial charge in [0.15, 0.2) is 0 Å². The van der Waals surface area contributed by atoms with Crippen molar-refractivity contribution >= 4 is 0 Å². The second kappa shape index (κ2) is 7.34. The fourth-order valence-corrected chi connectivity index (χ4v) is 3.50. The van der Waals surface area contributed by atoms with Crippen molar-refractivity contribution < 1.29 is 4.74 Å². The first-order valence-electron chi connectivity index (χ1n) is 8.71. The molecule has 2 fully saturated rings. The van der Waals surface area contributed by atoms with Crippen LogP contribution in [0.4, 0.5) is 0 Å². The summed E-state index contributed by atoms with van der Waals surface area (Å²) in [5, 5.41) is 3.64. The molecule has 0 aromatic heterocycles. The van der Waals surface area contributed by atoms with Gasteiger partial charge in [0.05, 0.1) is 19.3 Å². The molecule has 0 aromatic rings. The summed E-state index contributed by atoms with van der Waals surface area (Å²) >= 11 is 0. The van der Waals surface area contributed by atoms with E-state index in [1.807, 2.05) is 0 Å². The van der Waals surface area contributed by atoms with Crippen LogP contribution in [0.1, 0.15) is 26.7 Å². The van der Waals surface area contributed by atoms with Gasteiger partial charge in [0.25, 0.3) is 0 Å². The molecule has 1 aliphatic carbocycles. The molecule has 22 heavy (non-hydrogen) atoms. The Kier molecular flexibility index (Phi) is 5.21. The average Bonchev–Trinajstić information content (AvgIpc) is 3.02. The molecule has 0 bridgehead atoms. The predicted octanol–water partition coefficient (Wildman–Crippen LogP) is 2.12. The lowest BCUT2D eigenvalue weighted by Crippen LogP contribution is -2.45. The van der Waals surface area contributed by atoms with Gasteiger partial charge in [0.1, 0.15) is 5.82 Å². The van der Waals surface area contributed by atoms with E-state index in [-0.39, 0.29) is 0 Å². The first kappa shape index (κ1) is 15.6. The second-order valence-corrected chi connectivity index (χ2v) is 6.41. The predicted molar refractivity (Wildman–Crippen MR) is 90.6 cm³/mol. The molecule has 0 saturated carbocycles. The number of nitrogens with one attached hydrogen (secondary N) is 1. The van der Waals surface area contributed by atoms with Gasteiger partial charge in [-0.3, -0.25) is 4.90 Å². The normalized spacial score (nSPS) is 29.6. The molecule has 2 aliphatic heterocycles. The van der Waals surface area contributed by atoms with Gasteiger partial charge in [-0.2, -0.15) is 0 Å². The third-order valence-corrected chi connectivity index (χ3v) is 4.73. The van der Waals surface area contributed by atoms with Gasteiger partial charge in [0.2, 0.25) is 0 Å². The number of hydrogen-bond donors (Lipinski definition) is 1. The van der Waals surface area contributed by atoms with Crippen LogP contribution in [-0.2, 0) is 4.74 Å². The van der Waals surface area contributed by atoms with E-state index in [2.05, 4.69) is 47.2 Å². The molecular weight excluding hydrogens is 274 g/mol. The Morgan fingerprint density at radius 3 is 2.86 bits per heavy atom. The quantitative estimate of drug-likeness (QED) is 0.861. The van der Waals surface area contributed by atoms with Crippen molar-refractivity contribution in [1.29, 1.82) is 0 Å². The maximum atomic E-state index is 5.52. The summed E-state index contributed by atoms with van der Waals surface area (Å²) in [5.74, 6) is 1.36. The van der Waals surface area contributed by atoms with Crippen molar-refractivity contribution in [3.05, 3.63) is 35.2 Å². The van der Waals surface area contributed by atoms with Gasteiger partial charge < -0.3 is 15.0 Å². The SMILES string of the molecule is CCCCN1CCNC1=C1C=C(C)C=CC1N1CCOCC1. The molecule has 0 amide bonds. The second-order valence-electron chi connectivity index (χ2n) is 6.41. The smallest absolute Gasteiger partial charge is 0.107 e. The van der Waals surface area contributed by atoms with Crippen molar-refractivity contribution in [2.45, 2.75) is 32.7 Å². The molecule has 1 N–H and O–H groups in total. The summed E-state index contributed by atoms with van der Waals surface area (Å²) in [4.78, 5) is 5.08. The molecule has 3 rings (SSSR count). The zero-order valence-corrected chi connectivity index (χ0v) is 14.0. The number of allylic oxidation sites excluding steroid dienone is 2. The lowest BCUT2D eigenvalue weighted by atomic mass is 9.95. The van der Waals surface area contributed by atoms with Gasteiger partial charge in [-0.1, -0.05) is 37.1 Å². The van der Waals surface area contributed by atoms with Crippen LogP contribution in [0.5, 0.6) is 0 Å². The van der Waals surface area contributed by atoms with E-state index in [1.54, 1.807) is 0 Å². The molecule has 3 aliphatic rings. The molecule has 122 valence electrons.